The van der Waals surface area contributed by atoms with Crippen molar-refractivity contribution in [3.8, 4) is 5.75 Å². The van der Waals surface area contributed by atoms with Crippen LogP contribution in [0.2, 0.25) is 5.02 Å². The van der Waals surface area contributed by atoms with Gasteiger partial charge in [0.1, 0.15) is 5.75 Å². The summed E-state index contributed by atoms with van der Waals surface area (Å²) in [6, 6.07) is 13.4. The number of hydrogen-bond acceptors (Lipinski definition) is 3. The monoisotopic (exact) mass is 298 g/mol. The molecule has 0 saturated carbocycles. The van der Waals surface area contributed by atoms with E-state index in [0.717, 1.165) is 10.9 Å². The van der Waals surface area contributed by atoms with Crippen LogP contribution in [-0.2, 0) is 0 Å². The van der Waals surface area contributed by atoms with Crippen LogP contribution < -0.4 is 5.32 Å². The Morgan fingerprint density at radius 3 is 2.81 bits per heavy atom. The number of phenolic OH excluding ortho intramolecular Hbond substituents is 1. The molecule has 2 N–H and O–H groups in total. The molecule has 0 bridgehead atoms. The van der Waals surface area contributed by atoms with Gasteiger partial charge in [-0.3, -0.25) is 9.78 Å². The number of anilines is 1. The molecule has 5 heteroatoms. The third-order valence-electron chi connectivity index (χ3n) is 3.07. The van der Waals surface area contributed by atoms with E-state index in [4.69, 9.17) is 11.6 Å². The smallest absolute Gasteiger partial charge is 0.255 e. The molecule has 3 rings (SSSR count). The van der Waals surface area contributed by atoms with Crippen LogP contribution in [0.1, 0.15) is 10.4 Å². The highest BCUT2D eigenvalue weighted by molar-refractivity contribution is 6.34. The summed E-state index contributed by atoms with van der Waals surface area (Å²) in [7, 11) is 0. The summed E-state index contributed by atoms with van der Waals surface area (Å²) in [5.41, 5.74) is 1.79. The molecule has 1 amide bonds. The van der Waals surface area contributed by atoms with E-state index >= 15 is 0 Å². The molecule has 21 heavy (non-hydrogen) atoms. The number of hydrogen-bond donors (Lipinski definition) is 2. The quantitative estimate of drug-likeness (QED) is 0.706. The van der Waals surface area contributed by atoms with Crippen LogP contribution in [0.5, 0.6) is 5.75 Å². The van der Waals surface area contributed by atoms with Gasteiger partial charge in [-0.2, -0.15) is 0 Å². The van der Waals surface area contributed by atoms with Crippen LogP contribution in [0.25, 0.3) is 10.9 Å². The number of amides is 1. The number of carbonyl (C=O) groups is 1. The van der Waals surface area contributed by atoms with Crippen LogP contribution >= 0.6 is 11.6 Å². The lowest BCUT2D eigenvalue weighted by atomic mass is 10.1. The zero-order valence-electron chi connectivity index (χ0n) is 10.9. The van der Waals surface area contributed by atoms with Crippen LogP contribution in [-0.4, -0.2) is 16.0 Å². The second-order valence-corrected chi connectivity index (χ2v) is 4.94. The molecule has 0 aliphatic rings. The summed E-state index contributed by atoms with van der Waals surface area (Å²) >= 11 is 5.97. The maximum atomic E-state index is 12.2. The van der Waals surface area contributed by atoms with E-state index in [9.17, 15) is 9.90 Å². The zero-order chi connectivity index (χ0) is 14.8. The molecule has 0 fully saturated rings. The Labute approximate surface area is 126 Å². The van der Waals surface area contributed by atoms with Gasteiger partial charge in [0.15, 0.2) is 0 Å². The Morgan fingerprint density at radius 1 is 1.14 bits per heavy atom. The lowest BCUT2D eigenvalue weighted by molar-refractivity contribution is 0.102. The van der Waals surface area contributed by atoms with Gasteiger partial charge < -0.3 is 10.4 Å². The SMILES string of the molecule is O=C(Nc1ccc(O)cc1Cl)c1ccc2ncccc2c1. The first-order valence-electron chi connectivity index (χ1n) is 6.28. The normalized spacial score (nSPS) is 10.5. The minimum absolute atomic E-state index is 0.0507. The van der Waals surface area contributed by atoms with Crippen molar-refractivity contribution in [2.24, 2.45) is 0 Å². The Morgan fingerprint density at radius 2 is 2.00 bits per heavy atom. The molecule has 4 nitrogen and oxygen atoms in total. The molecule has 0 unspecified atom stereocenters. The van der Waals surface area contributed by atoms with E-state index in [1.54, 1.807) is 30.5 Å². The van der Waals surface area contributed by atoms with Crippen LogP contribution in [0.15, 0.2) is 54.7 Å². The van der Waals surface area contributed by atoms with Gasteiger partial charge in [-0.1, -0.05) is 17.7 Å². The Balaban J connectivity index is 1.89. The van der Waals surface area contributed by atoms with Crippen LogP contribution in [0, 0.1) is 0 Å². The molecule has 0 radical (unpaired) electrons. The first kappa shape index (κ1) is 13.4. The zero-order valence-corrected chi connectivity index (χ0v) is 11.6. The molecule has 3 aromatic rings. The van der Waals surface area contributed by atoms with E-state index < -0.39 is 0 Å². The van der Waals surface area contributed by atoms with Crippen molar-refractivity contribution in [3.63, 3.8) is 0 Å². The van der Waals surface area contributed by atoms with Gasteiger partial charge in [0.05, 0.1) is 16.2 Å². The number of nitrogens with one attached hydrogen (secondary N) is 1. The van der Waals surface area contributed by atoms with Crippen molar-refractivity contribution in [1.29, 1.82) is 0 Å². The number of pyridine rings is 1. The molecule has 104 valence electrons. The number of aromatic nitrogens is 1. The summed E-state index contributed by atoms with van der Waals surface area (Å²) in [5, 5.41) is 13.2. The average Bonchev–Trinajstić information content (AvgIpc) is 2.49. The Bertz CT molecular complexity index is 833. The fourth-order valence-electron chi connectivity index (χ4n) is 2.02. The number of rotatable bonds is 2. The van der Waals surface area contributed by atoms with Crippen molar-refractivity contribution in [3.05, 3.63) is 65.3 Å². The van der Waals surface area contributed by atoms with Crippen molar-refractivity contribution in [2.45, 2.75) is 0 Å². The molecule has 1 aromatic heterocycles. The minimum Gasteiger partial charge on any atom is -0.508 e. The van der Waals surface area contributed by atoms with Crippen LogP contribution in [0.3, 0.4) is 0 Å². The molecular weight excluding hydrogens is 288 g/mol. The van der Waals surface area contributed by atoms with Gasteiger partial charge in [-0.05, 0) is 36.4 Å². The predicted octanol–water partition coefficient (Wildman–Crippen LogP) is 3.85. The number of benzene rings is 2. The van der Waals surface area contributed by atoms with Gasteiger partial charge in [0.25, 0.3) is 5.91 Å². The van der Waals surface area contributed by atoms with Crippen molar-refractivity contribution in [2.75, 3.05) is 5.32 Å². The van der Waals surface area contributed by atoms with Crippen molar-refractivity contribution in [1.82, 2.24) is 4.98 Å². The molecule has 0 aliphatic carbocycles. The van der Waals surface area contributed by atoms with Gasteiger partial charge >= 0.3 is 0 Å². The third kappa shape index (κ3) is 2.80. The minimum atomic E-state index is -0.270. The van der Waals surface area contributed by atoms with Crippen molar-refractivity contribution >= 4 is 34.1 Å². The molecule has 0 saturated heterocycles. The van der Waals surface area contributed by atoms with E-state index in [-0.39, 0.29) is 16.7 Å². The van der Waals surface area contributed by atoms with Gasteiger partial charge in [0, 0.05) is 23.2 Å². The Kier molecular flexibility index (Phi) is 3.46. The molecule has 0 spiro atoms. The molecule has 1 heterocycles. The fraction of sp³-hybridized carbons (Fsp3) is 0. The maximum absolute atomic E-state index is 12.2. The van der Waals surface area contributed by atoms with Gasteiger partial charge in [-0.25, -0.2) is 0 Å². The topological polar surface area (TPSA) is 62.2 Å². The van der Waals surface area contributed by atoms with Crippen molar-refractivity contribution < 1.29 is 9.90 Å². The maximum Gasteiger partial charge on any atom is 0.255 e. The summed E-state index contributed by atoms with van der Waals surface area (Å²) in [6.45, 7) is 0. The number of fused-ring (bicyclic) bond motifs is 1. The summed E-state index contributed by atoms with van der Waals surface area (Å²) in [4.78, 5) is 16.5. The highest BCUT2D eigenvalue weighted by atomic mass is 35.5. The number of nitrogens with zero attached hydrogens (tertiary/aromatic N) is 1. The lowest BCUT2D eigenvalue weighted by Crippen LogP contribution is -2.12. The highest BCUT2D eigenvalue weighted by Gasteiger charge is 2.09. The first-order chi connectivity index (χ1) is 10.1. The van der Waals surface area contributed by atoms with E-state index in [2.05, 4.69) is 10.3 Å². The predicted molar refractivity (Wildman–Crippen MR) is 82.8 cm³/mol. The second kappa shape index (κ2) is 5.42. The average molecular weight is 299 g/mol. The molecule has 0 aliphatic heterocycles. The largest absolute Gasteiger partial charge is 0.508 e. The standard InChI is InChI=1S/C16H11ClN2O2/c17-13-9-12(20)4-6-15(13)19-16(21)11-3-5-14-10(8-11)2-1-7-18-14/h1-9,20H,(H,19,21). The van der Waals surface area contributed by atoms with Gasteiger partial charge in [-0.15, -0.1) is 0 Å². The number of phenols is 1. The lowest BCUT2D eigenvalue weighted by Gasteiger charge is -2.08. The summed E-state index contributed by atoms with van der Waals surface area (Å²) < 4.78 is 0. The highest BCUT2D eigenvalue weighted by Crippen LogP contribution is 2.26. The van der Waals surface area contributed by atoms with Gasteiger partial charge in [0.2, 0.25) is 0 Å². The third-order valence-corrected chi connectivity index (χ3v) is 3.38. The Hall–Kier alpha value is -2.59. The number of halogens is 1. The van der Waals surface area contributed by atoms with E-state index in [0.29, 0.717) is 11.3 Å². The first-order valence-corrected chi connectivity index (χ1v) is 6.66. The van der Waals surface area contributed by atoms with Crippen LogP contribution in [0.4, 0.5) is 5.69 Å². The summed E-state index contributed by atoms with van der Waals surface area (Å²) in [6.07, 6.45) is 1.71. The molecule has 2 aromatic carbocycles. The molecule has 0 atom stereocenters. The summed E-state index contributed by atoms with van der Waals surface area (Å²) in [5.74, 6) is -0.219. The molecular formula is C16H11ClN2O2. The number of aromatic hydroxyl groups is 1. The van der Waals surface area contributed by atoms with E-state index in [1.807, 2.05) is 12.1 Å². The van der Waals surface area contributed by atoms with E-state index in [1.165, 1.54) is 12.1 Å². The fourth-order valence-corrected chi connectivity index (χ4v) is 2.24. The second-order valence-electron chi connectivity index (χ2n) is 4.53. The number of carbonyl (C=O) groups excluding carboxylic acids is 1.